The lowest BCUT2D eigenvalue weighted by Crippen LogP contribution is -2.43. The summed E-state index contributed by atoms with van der Waals surface area (Å²) in [5, 5.41) is 8.46. The van der Waals surface area contributed by atoms with Crippen LogP contribution in [0.25, 0.3) is 0 Å². The smallest absolute Gasteiger partial charge is 0.412 e. The Balaban J connectivity index is 1.56. The van der Waals surface area contributed by atoms with Gasteiger partial charge in [-0.05, 0) is 77.8 Å². The number of hydrogen-bond donors (Lipinski definition) is 3. The Kier molecular flexibility index (Phi) is 12.6. The first-order valence-electron chi connectivity index (χ1n) is 14.7. The third kappa shape index (κ3) is 11.7. The molecular formula is C31H46N6O5. The molecule has 1 aliphatic rings. The molecule has 1 aliphatic heterocycles. The van der Waals surface area contributed by atoms with Gasteiger partial charge >= 0.3 is 12.1 Å². The normalized spacial score (nSPS) is 13.9. The maximum absolute atomic E-state index is 13.0. The topological polar surface area (TPSA) is 125 Å². The van der Waals surface area contributed by atoms with Gasteiger partial charge in [0.05, 0.1) is 24.6 Å². The first kappa shape index (κ1) is 32.8. The summed E-state index contributed by atoms with van der Waals surface area (Å²) in [6.07, 6.45) is 4.02. The number of amides is 4. The summed E-state index contributed by atoms with van der Waals surface area (Å²) in [5.74, 6) is -0.422. The molecule has 3 rings (SSSR count). The number of ether oxygens (including phenoxy) is 2. The van der Waals surface area contributed by atoms with E-state index >= 15 is 0 Å². The summed E-state index contributed by atoms with van der Waals surface area (Å²) in [5.41, 5.74) is 1.22. The van der Waals surface area contributed by atoms with Gasteiger partial charge in [-0.1, -0.05) is 24.6 Å². The van der Waals surface area contributed by atoms with E-state index in [-0.39, 0.29) is 17.8 Å². The van der Waals surface area contributed by atoms with Crippen molar-refractivity contribution in [1.29, 1.82) is 0 Å². The number of morpholine rings is 1. The number of rotatable bonds is 12. The van der Waals surface area contributed by atoms with E-state index in [1.807, 2.05) is 13.8 Å². The fraction of sp³-hybridized carbons (Fsp3) is 0.548. The van der Waals surface area contributed by atoms with E-state index in [1.54, 1.807) is 68.3 Å². The highest BCUT2D eigenvalue weighted by atomic mass is 16.6. The van der Waals surface area contributed by atoms with Crippen LogP contribution in [0.2, 0.25) is 0 Å². The van der Waals surface area contributed by atoms with Crippen molar-refractivity contribution in [3.63, 3.8) is 0 Å². The highest BCUT2D eigenvalue weighted by Gasteiger charge is 2.19. The van der Waals surface area contributed by atoms with E-state index in [2.05, 4.69) is 25.8 Å². The number of benzene rings is 1. The monoisotopic (exact) mass is 582 g/mol. The summed E-state index contributed by atoms with van der Waals surface area (Å²) >= 11 is 0. The van der Waals surface area contributed by atoms with Crippen LogP contribution in [0.4, 0.5) is 21.0 Å². The quantitative estimate of drug-likeness (QED) is 0.297. The molecular weight excluding hydrogens is 536 g/mol. The molecule has 11 nitrogen and oxygen atoms in total. The van der Waals surface area contributed by atoms with Crippen LogP contribution in [0.3, 0.4) is 0 Å². The van der Waals surface area contributed by atoms with Crippen molar-refractivity contribution < 1.29 is 23.9 Å². The summed E-state index contributed by atoms with van der Waals surface area (Å²) in [6, 6.07) is 10.2. The number of carbonyl (C=O) groups excluding carboxylic acids is 3. The minimum absolute atomic E-state index is 0.0261. The average Bonchev–Trinajstić information content (AvgIpc) is 2.92. The van der Waals surface area contributed by atoms with Crippen molar-refractivity contribution in [2.45, 2.75) is 72.1 Å². The highest BCUT2D eigenvalue weighted by molar-refractivity contribution is 6.05. The van der Waals surface area contributed by atoms with Crippen LogP contribution >= 0.6 is 0 Å². The van der Waals surface area contributed by atoms with Gasteiger partial charge in [0, 0.05) is 38.4 Å². The molecule has 0 spiro atoms. The Morgan fingerprint density at radius 2 is 1.69 bits per heavy atom. The van der Waals surface area contributed by atoms with Crippen LogP contribution in [0.5, 0.6) is 0 Å². The molecule has 1 aromatic heterocycles. The molecule has 0 saturated carbocycles. The van der Waals surface area contributed by atoms with E-state index in [1.165, 1.54) is 0 Å². The molecule has 1 aromatic carbocycles. The number of nitrogens with one attached hydrogen (secondary N) is 3. The third-order valence-corrected chi connectivity index (χ3v) is 6.45. The Labute approximate surface area is 249 Å². The van der Waals surface area contributed by atoms with Gasteiger partial charge in [0.1, 0.15) is 11.3 Å². The Bertz CT molecular complexity index is 1160. The molecule has 42 heavy (non-hydrogen) atoms. The maximum atomic E-state index is 13.0. The molecule has 1 fully saturated rings. The molecule has 1 saturated heterocycles. The highest BCUT2D eigenvalue weighted by Crippen LogP contribution is 2.23. The molecule has 0 atom stereocenters. The second kappa shape index (κ2) is 16.1. The molecule has 0 aliphatic carbocycles. The summed E-state index contributed by atoms with van der Waals surface area (Å²) in [4.78, 5) is 46.7. The first-order chi connectivity index (χ1) is 20.0. The number of carbonyl (C=O) groups is 3. The zero-order valence-corrected chi connectivity index (χ0v) is 25.6. The van der Waals surface area contributed by atoms with Crippen LogP contribution in [-0.4, -0.2) is 83.9 Å². The van der Waals surface area contributed by atoms with Crippen LogP contribution < -0.4 is 16.0 Å². The molecule has 0 bridgehead atoms. The van der Waals surface area contributed by atoms with Gasteiger partial charge in [0.2, 0.25) is 0 Å². The molecule has 230 valence electrons. The standard InChI is InChI=1S/C31H46N6O5/c1-23(2)33-29(39)37(16-10-6-9-15-36-17-19-41-20-18-36)22-24-13-14-27(32-21-24)28(38)34-25-11-7-8-12-26(25)35-30(40)42-31(3,4)5/h7-8,11-14,21,23H,6,9-10,15-20,22H2,1-5H3,(H,33,39)(H,34,38)(H,35,40). The largest absolute Gasteiger partial charge is 0.444 e. The summed E-state index contributed by atoms with van der Waals surface area (Å²) in [7, 11) is 0. The van der Waals surface area contributed by atoms with Gasteiger partial charge in [-0.3, -0.25) is 20.0 Å². The van der Waals surface area contributed by atoms with Crippen molar-refractivity contribution in [2.75, 3.05) is 50.0 Å². The van der Waals surface area contributed by atoms with E-state index in [0.29, 0.717) is 24.5 Å². The molecule has 3 N–H and O–H groups in total. The molecule has 0 unspecified atom stereocenters. The van der Waals surface area contributed by atoms with E-state index < -0.39 is 17.6 Å². The number of para-hydroxylation sites is 2. The van der Waals surface area contributed by atoms with Gasteiger partial charge in [-0.15, -0.1) is 0 Å². The zero-order chi connectivity index (χ0) is 30.5. The molecule has 11 heteroatoms. The molecule has 2 aromatic rings. The fourth-order valence-corrected chi connectivity index (χ4v) is 4.40. The molecule has 0 radical (unpaired) electrons. The van der Waals surface area contributed by atoms with Crippen molar-refractivity contribution in [3.05, 3.63) is 53.9 Å². The molecule has 2 heterocycles. The fourth-order valence-electron chi connectivity index (χ4n) is 4.40. The van der Waals surface area contributed by atoms with Crippen molar-refractivity contribution in [3.8, 4) is 0 Å². The summed E-state index contributed by atoms with van der Waals surface area (Å²) in [6.45, 7) is 14.9. The number of hydrogen-bond acceptors (Lipinski definition) is 7. The van der Waals surface area contributed by atoms with E-state index in [4.69, 9.17) is 9.47 Å². The van der Waals surface area contributed by atoms with Crippen LogP contribution in [0.15, 0.2) is 42.6 Å². The van der Waals surface area contributed by atoms with Crippen molar-refractivity contribution in [2.24, 2.45) is 0 Å². The maximum Gasteiger partial charge on any atom is 0.412 e. The number of nitrogens with zero attached hydrogens (tertiary/aromatic N) is 3. The number of urea groups is 1. The zero-order valence-electron chi connectivity index (χ0n) is 25.6. The van der Waals surface area contributed by atoms with Gasteiger partial charge in [0.25, 0.3) is 5.91 Å². The number of anilines is 2. The number of pyridine rings is 1. The van der Waals surface area contributed by atoms with Crippen LogP contribution in [0.1, 0.15) is 69.9 Å². The third-order valence-electron chi connectivity index (χ3n) is 6.45. The summed E-state index contributed by atoms with van der Waals surface area (Å²) < 4.78 is 10.7. The minimum Gasteiger partial charge on any atom is -0.444 e. The SMILES string of the molecule is CC(C)NC(=O)N(CCCCCN1CCOCC1)Cc1ccc(C(=O)Nc2ccccc2NC(=O)OC(C)(C)C)nc1. The van der Waals surface area contributed by atoms with E-state index in [9.17, 15) is 14.4 Å². The molecule has 4 amide bonds. The second-order valence-electron chi connectivity index (χ2n) is 11.7. The van der Waals surface area contributed by atoms with Gasteiger partial charge in [-0.25, -0.2) is 9.59 Å². The number of unbranched alkanes of at least 4 members (excludes halogenated alkanes) is 2. The second-order valence-corrected chi connectivity index (χ2v) is 11.7. The lowest BCUT2D eigenvalue weighted by molar-refractivity contribution is 0.0370. The lowest BCUT2D eigenvalue weighted by Gasteiger charge is -2.27. The predicted molar refractivity (Wildman–Crippen MR) is 164 cm³/mol. The lowest BCUT2D eigenvalue weighted by atomic mass is 10.2. The van der Waals surface area contributed by atoms with Crippen molar-refractivity contribution in [1.82, 2.24) is 20.1 Å². The predicted octanol–water partition coefficient (Wildman–Crippen LogP) is 5.10. The minimum atomic E-state index is -0.651. The van der Waals surface area contributed by atoms with Gasteiger partial charge in [0.15, 0.2) is 0 Å². The van der Waals surface area contributed by atoms with Gasteiger partial charge in [-0.2, -0.15) is 0 Å². The first-order valence-corrected chi connectivity index (χ1v) is 14.7. The average molecular weight is 583 g/mol. The Hall–Kier alpha value is -3.70. The van der Waals surface area contributed by atoms with Gasteiger partial charge < -0.3 is 25.0 Å². The van der Waals surface area contributed by atoms with E-state index in [0.717, 1.165) is 57.7 Å². The Morgan fingerprint density at radius 1 is 1.00 bits per heavy atom. The van der Waals surface area contributed by atoms with Crippen LogP contribution in [0, 0.1) is 0 Å². The van der Waals surface area contributed by atoms with Crippen LogP contribution in [-0.2, 0) is 16.0 Å². The van der Waals surface area contributed by atoms with Crippen molar-refractivity contribution >= 4 is 29.4 Å². The number of aromatic nitrogens is 1. The Morgan fingerprint density at radius 3 is 2.31 bits per heavy atom.